The van der Waals surface area contributed by atoms with E-state index in [1.165, 1.54) is 13.8 Å². The molecular weight excluding hydrogens is 607 g/mol. The van der Waals surface area contributed by atoms with Gasteiger partial charge < -0.3 is 14.2 Å². The number of alkyl halides is 13. The summed E-state index contributed by atoms with van der Waals surface area (Å²) in [5, 5.41) is 0. The van der Waals surface area contributed by atoms with Gasteiger partial charge in [0.1, 0.15) is 12.2 Å². The van der Waals surface area contributed by atoms with Gasteiger partial charge in [0, 0.05) is 11.8 Å². The van der Waals surface area contributed by atoms with E-state index in [9.17, 15) is 71.5 Å². The van der Waals surface area contributed by atoms with Crippen LogP contribution >= 0.6 is 0 Å². The van der Waals surface area contributed by atoms with Gasteiger partial charge in [-0.1, -0.05) is 6.92 Å². The van der Waals surface area contributed by atoms with Crippen molar-refractivity contribution < 1.29 is 85.7 Å². The highest BCUT2D eigenvalue weighted by atomic mass is 19.4. The summed E-state index contributed by atoms with van der Waals surface area (Å²) in [6.45, 7) is 1.51. The van der Waals surface area contributed by atoms with Crippen LogP contribution in [0.2, 0.25) is 0 Å². The van der Waals surface area contributed by atoms with Gasteiger partial charge in [-0.05, 0) is 33.1 Å². The summed E-state index contributed by atoms with van der Waals surface area (Å²) in [5.41, 5.74) is -3.46. The molecule has 5 unspecified atom stereocenters. The number of carbonyl (C=O) groups excluding carboxylic acids is 3. The van der Waals surface area contributed by atoms with Gasteiger partial charge in [-0.25, -0.2) is 0 Å². The first-order chi connectivity index (χ1) is 18.2. The number of hydrogen-bond donors (Lipinski definition) is 0. The van der Waals surface area contributed by atoms with Gasteiger partial charge in [0.15, 0.2) is 12.0 Å². The monoisotopic (exact) mass is 628 g/mol. The molecule has 0 aromatic rings. The van der Waals surface area contributed by atoms with Gasteiger partial charge in [0.2, 0.25) is 0 Å². The normalized spacial score (nSPS) is 29.0. The predicted octanol–water partition coefficient (Wildman–Crippen LogP) is 5.57. The minimum atomic E-state index is -8.10. The van der Waals surface area contributed by atoms with E-state index in [0.717, 1.165) is 0 Å². The van der Waals surface area contributed by atoms with E-state index in [1.807, 2.05) is 0 Å². The van der Waals surface area contributed by atoms with Crippen LogP contribution in [0.25, 0.3) is 0 Å². The Kier molecular flexibility index (Phi) is 7.45. The first-order valence-electron chi connectivity index (χ1n) is 11.7. The molecule has 1 saturated heterocycles. The Morgan fingerprint density at radius 1 is 0.878 bits per heavy atom. The highest BCUT2D eigenvalue weighted by molar-refractivity contribution is 6.03. The molecule has 2 bridgehead atoms. The van der Waals surface area contributed by atoms with Crippen LogP contribution in [0.3, 0.4) is 0 Å². The quantitative estimate of drug-likeness (QED) is 0.136. The summed E-state index contributed by atoms with van der Waals surface area (Å²) in [6, 6.07) is 0. The first-order valence-corrected chi connectivity index (χ1v) is 11.7. The van der Waals surface area contributed by atoms with Crippen LogP contribution in [-0.2, 0) is 28.6 Å². The first kappa shape index (κ1) is 33.0. The van der Waals surface area contributed by atoms with Crippen LogP contribution in [0.15, 0.2) is 0 Å². The van der Waals surface area contributed by atoms with Crippen molar-refractivity contribution in [3.8, 4) is 0 Å². The molecule has 3 rings (SSSR count). The van der Waals surface area contributed by atoms with Crippen LogP contribution in [0.4, 0.5) is 57.1 Å². The zero-order valence-corrected chi connectivity index (χ0v) is 21.0. The van der Waals surface area contributed by atoms with Crippen molar-refractivity contribution in [2.24, 2.45) is 22.7 Å². The van der Waals surface area contributed by atoms with Crippen molar-refractivity contribution >= 4 is 17.9 Å². The largest absolute Gasteiger partial charge is 0.460 e. The van der Waals surface area contributed by atoms with Crippen LogP contribution in [-0.4, -0.2) is 72.5 Å². The van der Waals surface area contributed by atoms with Crippen molar-refractivity contribution in [3.05, 3.63) is 0 Å². The summed E-state index contributed by atoms with van der Waals surface area (Å²) in [5.74, 6) is -44.6. The van der Waals surface area contributed by atoms with Crippen molar-refractivity contribution in [3.63, 3.8) is 0 Å². The van der Waals surface area contributed by atoms with Crippen LogP contribution < -0.4 is 0 Å². The molecule has 0 spiro atoms. The van der Waals surface area contributed by atoms with Crippen LogP contribution in [0.1, 0.15) is 40.0 Å². The molecule has 0 N–H and O–H groups in total. The number of fused-ring (bicyclic) bond motifs is 1. The Hall–Kier alpha value is -2.50. The fourth-order valence-corrected chi connectivity index (χ4v) is 5.04. The lowest BCUT2D eigenvalue weighted by atomic mass is 9.73. The molecule has 2 aliphatic carbocycles. The van der Waals surface area contributed by atoms with Crippen molar-refractivity contribution in [2.45, 2.75) is 88.0 Å². The topological polar surface area (TPSA) is 78.9 Å². The number of carbonyl (C=O) groups is 3. The third kappa shape index (κ3) is 4.33. The van der Waals surface area contributed by atoms with Gasteiger partial charge >= 0.3 is 53.7 Å². The summed E-state index contributed by atoms with van der Waals surface area (Å²) in [6.07, 6.45) is -10.4. The fourth-order valence-electron chi connectivity index (χ4n) is 5.04. The van der Waals surface area contributed by atoms with Crippen LogP contribution in [0, 0.1) is 22.7 Å². The van der Waals surface area contributed by atoms with E-state index in [-0.39, 0.29) is 6.42 Å². The third-order valence-corrected chi connectivity index (χ3v) is 7.99. The fraction of sp³-hybridized carbons (Fsp3) is 0.864. The molecule has 0 radical (unpaired) electrons. The Labute approximate surface area is 221 Å². The van der Waals surface area contributed by atoms with E-state index in [1.54, 1.807) is 6.92 Å². The summed E-state index contributed by atoms with van der Waals surface area (Å²) in [7, 11) is 0. The molecule has 1 heterocycles. The smallest absolute Gasteiger partial charge is 0.458 e. The van der Waals surface area contributed by atoms with Gasteiger partial charge in [-0.2, -0.15) is 57.1 Å². The maximum atomic E-state index is 14.1. The molecule has 0 aromatic carbocycles. The van der Waals surface area contributed by atoms with E-state index < -0.39 is 102 Å². The average molecular weight is 628 g/mol. The van der Waals surface area contributed by atoms with Gasteiger partial charge in [0.05, 0.1) is 5.41 Å². The standard InChI is InChI=1S/C22H21F13O6/c1-4-15(2,3)12(36)40-10-8-5-9-11(10)41-14(38)16(9,6-8)13(37)39-7-17(23,24)18(25,26)19(27,28)20(29,30)21(31,32)22(33,34)35/h8-11H,4-7H2,1-3H3. The molecule has 2 saturated carbocycles. The van der Waals surface area contributed by atoms with E-state index in [0.29, 0.717) is 6.42 Å². The maximum Gasteiger partial charge on any atom is 0.460 e. The molecular formula is C22H21F13O6. The SMILES string of the molecule is CCC(C)(C)C(=O)OC1C2CC3C1OC(=O)C3(C(=O)OCC(F)(F)C(F)(F)C(F)(F)C(F)(F)C(F)(F)C(F)(F)F)C2. The molecule has 3 fully saturated rings. The molecule has 1 aliphatic heterocycles. The molecule has 6 nitrogen and oxygen atoms in total. The Bertz CT molecular complexity index is 1100. The van der Waals surface area contributed by atoms with Gasteiger partial charge in [-0.3, -0.25) is 14.4 Å². The Balaban J connectivity index is 1.79. The number of esters is 3. The molecule has 41 heavy (non-hydrogen) atoms. The number of rotatable bonds is 10. The predicted molar refractivity (Wildman–Crippen MR) is 104 cm³/mol. The molecule has 0 amide bonds. The molecule has 0 aromatic heterocycles. The zero-order valence-electron chi connectivity index (χ0n) is 21.0. The average Bonchev–Trinajstić information content (AvgIpc) is 3.43. The minimum absolute atomic E-state index is 0.112. The van der Waals surface area contributed by atoms with Gasteiger partial charge in [-0.15, -0.1) is 0 Å². The second kappa shape index (κ2) is 9.25. The summed E-state index contributed by atoms with van der Waals surface area (Å²) < 4.78 is 187. The van der Waals surface area contributed by atoms with Crippen molar-refractivity contribution in [1.82, 2.24) is 0 Å². The van der Waals surface area contributed by atoms with Crippen molar-refractivity contribution in [2.75, 3.05) is 6.61 Å². The number of halogens is 13. The molecule has 3 aliphatic rings. The number of hydrogen-bond acceptors (Lipinski definition) is 6. The van der Waals surface area contributed by atoms with E-state index in [2.05, 4.69) is 4.74 Å². The van der Waals surface area contributed by atoms with Crippen LogP contribution in [0.5, 0.6) is 0 Å². The molecule has 19 heteroatoms. The number of ether oxygens (including phenoxy) is 3. The van der Waals surface area contributed by atoms with E-state index >= 15 is 0 Å². The summed E-state index contributed by atoms with van der Waals surface area (Å²) in [4.78, 5) is 37.6. The third-order valence-electron chi connectivity index (χ3n) is 7.99. The summed E-state index contributed by atoms with van der Waals surface area (Å²) >= 11 is 0. The Morgan fingerprint density at radius 2 is 1.39 bits per heavy atom. The lowest BCUT2D eigenvalue weighted by Crippen LogP contribution is -2.70. The highest BCUT2D eigenvalue weighted by Crippen LogP contribution is 2.64. The lowest BCUT2D eigenvalue weighted by Gasteiger charge is -2.39. The molecule has 236 valence electrons. The lowest BCUT2D eigenvalue weighted by molar-refractivity contribution is -0.441. The molecule has 5 atom stereocenters. The second-order valence-electron chi connectivity index (χ2n) is 10.8. The zero-order chi connectivity index (χ0) is 32.0. The van der Waals surface area contributed by atoms with E-state index in [4.69, 9.17) is 9.47 Å². The van der Waals surface area contributed by atoms with Crippen molar-refractivity contribution in [1.29, 1.82) is 0 Å². The Morgan fingerprint density at radius 3 is 1.88 bits per heavy atom. The highest BCUT2D eigenvalue weighted by Gasteiger charge is 2.91. The second-order valence-corrected chi connectivity index (χ2v) is 10.8. The minimum Gasteiger partial charge on any atom is -0.458 e. The van der Waals surface area contributed by atoms with Gasteiger partial charge in [0.25, 0.3) is 0 Å². The maximum absolute atomic E-state index is 14.1.